The summed E-state index contributed by atoms with van der Waals surface area (Å²) in [6.45, 7) is 7.70. The van der Waals surface area contributed by atoms with Gasteiger partial charge >= 0.3 is 0 Å². The van der Waals surface area contributed by atoms with E-state index in [-0.39, 0.29) is 11.1 Å². The Balaban J connectivity index is 0.541. The average Bonchev–Trinajstić information content (AvgIpc) is 1.54. The predicted octanol–water partition coefficient (Wildman–Crippen LogP) is 35.8. The quantitative estimate of drug-likeness (QED) is 0.0559. The van der Waals surface area contributed by atoms with E-state index >= 15 is 35.1 Å². The fourth-order valence-corrected chi connectivity index (χ4v) is 20.6. The summed E-state index contributed by atoms with van der Waals surface area (Å²) >= 11 is 0. The fourth-order valence-electron chi connectivity index (χ4n) is 20.6. The van der Waals surface area contributed by atoms with Gasteiger partial charge in [0.15, 0.2) is 0 Å². The number of rotatable bonds is 24. The number of furan rings is 1. The molecule has 2 aliphatic rings. The third-order valence-corrected chi connectivity index (χ3v) is 27.1. The zero-order chi connectivity index (χ0) is 97.5. The van der Waals surface area contributed by atoms with Gasteiger partial charge in [0.2, 0.25) is 0 Å². The lowest BCUT2D eigenvalue weighted by molar-refractivity contribution is 0.481. The van der Waals surface area contributed by atoms with Crippen LogP contribution in [0.4, 0.5) is 112 Å². The molecule has 7 nitrogen and oxygen atoms in total. The standard InChI is InChI=1S/C126H78F10N4O3/c1-3-77-13-57-103(58-14-77)141-105-61-25-83(26-62-105)125(123-117(133)69-89(131)70-118(123)134)113-11-7-5-9-107(113)109-65-53-99(73-115(109)125)137(95-45-29-85(127)30-46-95)91-37-17-79(18-38-91)81-21-41-93(42-22-81)139(97-49-33-87(129)34-50-97)101-55-67-111-112-68-56-102(76-122(112)143-121(111)75-101)140(98-51-35-88(130)36-52-98)94-43-23-82(24-44-94)80-19-39-92(40-20-80)138(96-47-31-86(128)32-48-96)100-54-66-110-108-10-6-8-12-114(108)126(116(110)74-100,124-119(135)71-90(132)72-120(124)136)84-27-63-106(64-28-84)142-104-59-15-78(4-2)16-60-104/h3-76H,1-2H2. The molecule has 1 heterocycles. The molecular formula is C126H78F10N4O3. The van der Waals surface area contributed by atoms with Crippen LogP contribution in [0.1, 0.15) is 55.6 Å². The highest BCUT2D eigenvalue weighted by Crippen LogP contribution is 2.62. The molecule has 21 aromatic rings. The molecule has 0 spiro atoms. The van der Waals surface area contributed by atoms with Gasteiger partial charge in [-0.15, -0.1) is 0 Å². The third kappa shape index (κ3) is 15.9. The molecule has 0 saturated carbocycles. The molecule has 143 heavy (non-hydrogen) atoms. The number of hydrogen-bond donors (Lipinski definition) is 0. The molecule has 0 amide bonds. The Morgan fingerprint density at radius 1 is 0.217 bits per heavy atom. The highest BCUT2D eigenvalue weighted by Gasteiger charge is 2.52. The van der Waals surface area contributed by atoms with Gasteiger partial charge in [0.1, 0.15) is 92.3 Å². The normalized spacial score (nSPS) is 13.8. The second kappa shape index (κ2) is 36.3. The van der Waals surface area contributed by atoms with Gasteiger partial charge in [-0.2, -0.15) is 0 Å². The second-order valence-electron chi connectivity index (χ2n) is 35.2. The molecular weight excluding hydrogens is 1810 g/mol. The van der Waals surface area contributed by atoms with Crippen molar-refractivity contribution in [1.82, 2.24) is 0 Å². The zero-order valence-electron chi connectivity index (χ0n) is 75.9. The predicted molar refractivity (Wildman–Crippen MR) is 551 cm³/mol. The van der Waals surface area contributed by atoms with Crippen molar-refractivity contribution >= 4 is 102 Å². The molecule has 20 aromatic carbocycles. The maximum atomic E-state index is 17.2. The van der Waals surface area contributed by atoms with Gasteiger partial charge in [-0.1, -0.05) is 183 Å². The second-order valence-corrected chi connectivity index (χ2v) is 35.2. The van der Waals surface area contributed by atoms with E-state index in [1.165, 1.54) is 48.5 Å². The number of fused-ring (bicyclic) bond motifs is 9. The lowest BCUT2D eigenvalue weighted by Crippen LogP contribution is -2.31. The van der Waals surface area contributed by atoms with Crippen molar-refractivity contribution in [2.45, 2.75) is 10.8 Å². The van der Waals surface area contributed by atoms with E-state index in [0.717, 1.165) is 55.5 Å². The van der Waals surface area contributed by atoms with Gasteiger partial charge in [0, 0.05) is 127 Å². The van der Waals surface area contributed by atoms with Crippen LogP contribution < -0.4 is 29.1 Å². The van der Waals surface area contributed by atoms with Crippen LogP contribution in [0, 0.1) is 58.2 Å². The third-order valence-electron chi connectivity index (χ3n) is 27.1. The lowest BCUT2D eigenvalue weighted by atomic mass is 9.67. The Bertz CT molecular complexity index is 7970. The van der Waals surface area contributed by atoms with Crippen molar-refractivity contribution in [2.24, 2.45) is 0 Å². The smallest absolute Gasteiger partial charge is 0.137 e. The number of hydrogen-bond acceptors (Lipinski definition) is 7. The Morgan fingerprint density at radius 2 is 0.455 bits per heavy atom. The van der Waals surface area contributed by atoms with Gasteiger partial charge in [0.05, 0.1) is 10.8 Å². The fraction of sp³-hybridized carbons (Fsp3) is 0.0159. The van der Waals surface area contributed by atoms with Gasteiger partial charge in [-0.05, 0) is 332 Å². The van der Waals surface area contributed by atoms with Crippen LogP contribution in [-0.2, 0) is 10.8 Å². The highest BCUT2D eigenvalue weighted by molar-refractivity contribution is 6.08. The maximum Gasteiger partial charge on any atom is 0.137 e. The molecule has 0 aliphatic heterocycles. The van der Waals surface area contributed by atoms with Crippen LogP contribution >= 0.6 is 0 Å². The Labute approximate surface area is 816 Å². The van der Waals surface area contributed by atoms with Gasteiger partial charge in [-0.3, -0.25) is 0 Å². The number of halogens is 10. The van der Waals surface area contributed by atoms with E-state index in [9.17, 15) is 8.78 Å². The first-order valence-corrected chi connectivity index (χ1v) is 46.2. The summed E-state index contributed by atoms with van der Waals surface area (Å²) in [6, 6.07) is 126. The van der Waals surface area contributed by atoms with E-state index < -0.39 is 69.0 Å². The molecule has 0 saturated heterocycles. The first-order chi connectivity index (χ1) is 69.8. The minimum absolute atomic E-state index is 0.373. The van der Waals surface area contributed by atoms with Crippen LogP contribution in [0.5, 0.6) is 23.0 Å². The SMILES string of the molecule is C=Cc1ccc(Oc2ccc(C3(c4c(F)cc(F)cc4F)c4ccccc4-c4ccc(N(c5ccc(F)cc5)c5ccc(-c6ccc(N(c7ccc(F)cc7)c7ccc8c(c7)oc7cc(N(c9ccc(F)cc9)c9ccc(-c%10ccc(N(c%11ccc(F)cc%11)c%11ccc%12c(c%11)C(c%11ccc(Oc%13ccc(C=C)cc%13)cc%11)(c%11c(F)cc(F)cc%11F)c%11ccccc%11-%12)cc%10)cc9)ccc78)cc6)cc5)cc43)cc2)cc1. The summed E-state index contributed by atoms with van der Waals surface area (Å²) in [5.74, 6) is -6.18. The molecule has 2 aliphatic carbocycles. The van der Waals surface area contributed by atoms with Crippen molar-refractivity contribution in [2.75, 3.05) is 19.6 Å². The van der Waals surface area contributed by atoms with Crippen molar-refractivity contribution in [1.29, 1.82) is 0 Å². The Kier molecular flexibility index (Phi) is 22.5. The van der Waals surface area contributed by atoms with Crippen molar-refractivity contribution in [3.8, 4) is 67.5 Å². The van der Waals surface area contributed by atoms with Crippen molar-refractivity contribution < 1.29 is 57.8 Å². The van der Waals surface area contributed by atoms with E-state index in [1.54, 1.807) is 109 Å². The summed E-state index contributed by atoms with van der Waals surface area (Å²) in [5.41, 5.74) is 15.9. The minimum Gasteiger partial charge on any atom is -0.457 e. The zero-order valence-corrected chi connectivity index (χ0v) is 75.9. The van der Waals surface area contributed by atoms with Crippen LogP contribution in [0.25, 0.3) is 78.6 Å². The van der Waals surface area contributed by atoms with Crippen LogP contribution in [-0.4, -0.2) is 0 Å². The summed E-state index contributed by atoms with van der Waals surface area (Å²) in [5, 5.41) is 1.65. The molecule has 1 aromatic heterocycles. The molecule has 690 valence electrons. The first kappa shape index (κ1) is 88.7. The van der Waals surface area contributed by atoms with E-state index in [1.807, 2.05) is 287 Å². The van der Waals surface area contributed by atoms with Crippen LogP contribution in [0.3, 0.4) is 0 Å². The Morgan fingerprint density at radius 3 is 0.734 bits per heavy atom. The minimum atomic E-state index is -1.70. The summed E-state index contributed by atoms with van der Waals surface area (Å²) in [4.78, 5) is 7.90. The van der Waals surface area contributed by atoms with Crippen LogP contribution in [0.2, 0.25) is 0 Å². The molecule has 0 radical (unpaired) electrons. The monoisotopic (exact) mass is 1880 g/mol. The molecule has 2 unspecified atom stereocenters. The molecule has 0 N–H and O–H groups in total. The topological polar surface area (TPSA) is 44.6 Å². The molecule has 17 heteroatoms. The molecule has 0 bridgehead atoms. The molecule has 23 rings (SSSR count). The van der Waals surface area contributed by atoms with Crippen molar-refractivity contribution in [3.05, 3.63) is 564 Å². The van der Waals surface area contributed by atoms with E-state index in [0.29, 0.717) is 171 Å². The average molecular weight is 1890 g/mol. The summed E-state index contributed by atoms with van der Waals surface area (Å²) in [6.07, 6.45) is 3.46. The molecule has 0 fully saturated rings. The Hall–Kier alpha value is -18.2. The number of benzene rings is 20. The maximum absolute atomic E-state index is 17.2. The number of nitrogens with zero attached hydrogens (tertiary/aromatic N) is 4. The van der Waals surface area contributed by atoms with Gasteiger partial charge < -0.3 is 33.5 Å². The summed E-state index contributed by atoms with van der Waals surface area (Å²) < 4.78 is 179. The molecule has 2 atom stereocenters. The van der Waals surface area contributed by atoms with Crippen LogP contribution in [0.15, 0.2) is 454 Å². The van der Waals surface area contributed by atoms with Gasteiger partial charge in [0.25, 0.3) is 0 Å². The first-order valence-electron chi connectivity index (χ1n) is 46.2. The van der Waals surface area contributed by atoms with Crippen molar-refractivity contribution in [3.63, 3.8) is 0 Å². The number of anilines is 12. The van der Waals surface area contributed by atoms with E-state index in [2.05, 4.69) is 13.2 Å². The van der Waals surface area contributed by atoms with E-state index in [4.69, 9.17) is 13.9 Å². The highest BCUT2D eigenvalue weighted by atomic mass is 19.2. The van der Waals surface area contributed by atoms with Gasteiger partial charge in [-0.25, -0.2) is 43.9 Å². The number of ether oxygens (including phenoxy) is 2. The summed E-state index contributed by atoms with van der Waals surface area (Å²) in [7, 11) is 0. The largest absolute Gasteiger partial charge is 0.457 e. The lowest BCUT2D eigenvalue weighted by Gasteiger charge is -2.35.